The third-order valence-corrected chi connectivity index (χ3v) is 4.76. The van der Waals surface area contributed by atoms with E-state index in [0.717, 1.165) is 4.57 Å². The van der Waals surface area contributed by atoms with Gasteiger partial charge in [-0.25, -0.2) is 9.36 Å². The van der Waals surface area contributed by atoms with Crippen LogP contribution in [0.15, 0.2) is 53.3 Å². The Labute approximate surface area is 150 Å². The monoisotopic (exact) mass is 463 g/mol. The quantitative estimate of drug-likeness (QED) is 0.520. The topological polar surface area (TPSA) is 52.2 Å². The summed E-state index contributed by atoms with van der Waals surface area (Å²) in [5.41, 5.74) is -0.0349. The number of hydrogen-bond donors (Lipinski definition) is 0. The molecule has 0 fully saturated rings. The smallest absolute Gasteiger partial charge is 0.408 e. The van der Waals surface area contributed by atoms with Crippen molar-refractivity contribution >= 4 is 66.0 Å². The highest BCUT2D eigenvalue weighted by Crippen LogP contribution is 2.27. The van der Waals surface area contributed by atoms with E-state index < -0.39 is 11.3 Å². The first kappa shape index (κ1) is 15.8. The summed E-state index contributed by atoms with van der Waals surface area (Å²) in [7, 11) is 0. The molecule has 1 heterocycles. The van der Waals surface area contributed by atoms with Crippen LogP contribution in [-0.2, 0) is 0 Å². The Morgan fingerprint density at radius 3 is 2.41 bits per heavy atom. The van der Waals surface area contributed by atoms with Crippen molar-refractivity contribution in [2.24, 2.45) is 0 Å². The lowest BCUT2D eigenvalue weighted by Gasteiger charge is -2.07. The molecule has 0 spiro atoms. The molecule has 8 heteroatoms. The van der Waals surface area contributed by atoms with E-state index in [1.165, 1.54) is 18.2 Å². The standard InChI is InChI=1S/C14H5Br2Cl2NO3/c15-6-3-8-12(9(16)4-6)22-14(21)19(13(8)20)7-1-2-10(17)11(18)5-7/h1-5H. The van der Waals surface area contributed by atoms with Crippen molar-refractivity contribution in [1.82, 2.24) is 4.57 Å². The van der Waals surface area contributed by atoms with Crippen LogP contribution in [0.25, 0.3) is 16.7 Å². The Bertz CT molecular complexity index is 1030. The Balaban J connectivity index is 2.42. The van der Waals surface area contributed by atoms with Crippen LogP contribution >= 0.6 is 55.1 Å². The van der Waals surface area contributed by atoms with Crippen molar-refractivity contribution in [3.63, 3.8) is 0 Å². The van der Waals surface area contributed by atoms with E-state index in [9.17, 15) is 9.59 Å². The number of nitrogens with zero attached hydrogens (tertiary/aromatic N) is 1. The molecule has 3 aromatic rings. The number of hydrogen-bond acceptors (Lipinski definition) is 3. The maximum absolute atomic E-state index is 12.6. The third-order valence-electron chi connectivity index (χ3n) is 2.98. The molecule has 4 nitrogen and oxygen atoms in total. The largest absolute Gasteiger partial charge is 0.427 e. The maximum atomic E-state index is 12.6. The van der Waals surface area contributed by atoms with Crippen molar-refractivity contribution in [1.29, 1.82) is 0 Å². The molecule has 0 radical (unpaired) electrons. The van der Waals surface area contributed by atoms with Gasteiger partial charge in [0.05, 0.1) is 25.6 Å². The molecule has 22 heavy (non-hydrogen) atoms. The molecule has 0 unspecified atom stereocenters. The minimum atomic E-state index is -0.807. The Kier molecular flexibility index (Phi) is 4.20. The number of benzene rings is 2. The van der Waals surface area contributed by atoms with Crippen LogP contribution in [0.2, 0.25) is 10.0 Å². The molecule has 0 N–H and O–H groups in total. The van der Waals surface area contributed by atoms with Crippen LogP contribution in [0.5, 0.6) is 0 Å². The van der Waals surface area contributed by atoms with Crippen LogP contribution in [-0.4, -0.2) is 4.57 Å². The molecule has 0 saturated heterocycles. The summed E-state index contributed by atoms with van der Waals surface area (Å²) >= 11 is 18.4. The molecule has 0 bridgehead atoms. The number of halogens is 4. The minimum Gasteiger partial charge on any atom is -0.408 e. The molecule has 1 aromatic heterocycles. The van der Waals surface area contributed by atoms with Gasteiger partial charge < -0.3 is 4.42 Å². The summed E-state index contributed by atoms with van der Waals surface area (Å²) in [5.74, 6) is -0.807. The molecule has 2 aromatic carbocycles. The van der Waals surface area contributed by atoms with E-state index in [-0.39, 0.29) is 21.7 Å². The van der Waals surface area contributed by atoms with Gasteiger partial charge in [-0.1, -0.05) is 39.1 Å². The molecule has 0 aliphatic carbocycles. The van der Waals surface area contributed by atoms with E-state index in [0.29, 0.717) is 14.0 Å². The maximum Gasteiger partial charge on any atom is 0.427 e. The summed E-state index contributed by atoms with van der Waals surface area (Å²) in [6, 6.07) is 7.73. The lowest BCUT2D eigenvalue weighted by Crippen LogP contribution is -2.31. The zero-order valence-corrected chi connectivity index (χ0v) is 15.3. The van der Waals surface area contributed by atoms with E-state index in [2.05, 4.69) is 31.9 Å². The number of aromatic nitrogens is 1. The summed E-state index contributed by atoms with van der Waals surface area (Å²) < 4.78 is 7.34. The molecule has 0 aliphatic rings. The average molecular weight is 466 g/mol. The Hall–Kier alpha value is -1.08. The van der Waals surface area contributed by atoms with Gasteiger partial charge in [-0.05, 0) is 46.3 Å². The predicted molar refractivity (Wildman–Crippen MR) is 93.5 cm³/mol. The van der Waals surface area contributed by atoms with Crippen molar-refractivity contribution in [3.8, 4) is 5.69 Å². The molecular formula is C14H5Br2Cl2NO3. The third kappa shape index (κ3) is 2.65. The molecule has 0 aliphatic heterocycles. The van der Waals surface area contributed by atoms with Gasteiger partial charge in [0.1, 0.15) is 0 Å². The molecule has 3 rings (SSSR count). The first-order valence-corrected chi connectivity index (χ1v) is 8.23. The lowest BCUT2D eigenvalue weighted by molar-refractivity contribution is 0.502. The molecule has 0 amide bonds. The zero-order chi connectivity index (χ0) is 16.0. The molecular weight excluding hydrogens is 461 g/mol. The van der Waals surface area contributed by atoms with Gasteiger partial charge in [0.15, 0.2) is 5.58 Å². The fraction of sp³-hybridized carbons (Fsp3) is 0. The van der Waals surface area contributed by atoms with Crippen molar-refractivity contribution < 1.29 is 4.42 Å². The Morgan fingerprint density at radius 1 is 1.00 bits per heavy atom. The highest BCUT2D eigenvalue weighted by Gasteiger charge is 2.15. The second-order valence-electron chi connectivity index (χ2n) is 4.37. The van der Waals surface area contributed by atoms with E-state index in [4.69, 9.17) is 27.6 Å². The number of fused-ring (bicyclic) bond motifs is 1. The predicted octanol–water partition coefficient (Wildman–Crippen LogP) is 4.78. The highest BCUT2D eigenvalue weighted by atomic mass is 79.9. The highest BCUT2D eigenvalue weighted by molar-refractivity contribution is 9.11. The van der Waals surface area contributed by atoms with Crippen LogP contribution < -0.4 is 11.3 Å². The fourth-order valence-corrected chi connectivity index (χ4v) is 3.60. The van der Waals surface area contributed by atoms with Gasteiger partial charge in [-0.15, -0.1) is 0 Å². The van der Waals surface area contributed by atoms with Crippen LogP contribution in [0.4, 0.5) is 0 Å². The van der Waals surface area contributed by atoms with E-state index in [1.54, 1.807) is 12.1 Å². The number of rotatable bonds is 1. The van der Waals surface area contributed by atoms with Crippen molar-refractivity contribution in [2.75, 3.05) is 0 Å². The fourth-order valence-electron chi connectivity index (χ4n) is 2.01. The van der Waals surface area contributed by atoms with E-state index >= 15 is 0 Å². The molecule has 112 valence electrons. The lowest BCUT2D eigenvalue weighted by atomic mass is 10.2. The zero-order valence-electron chi connectivity index (χ0n) is 10.6. The molecule has 0 atom stereocenters. The summed E-state index contributed by atoms with van der Waals surface area (Å²) in [4.78, 5) is 24.8. The van der Waals surface area contributed by atoms with Crippen molar-refractivity contribution in [2.45, 2.75) is 0 Å². The van der Waals surface area contributed by atoms with Gasteiger partial charge in [0, 0.05) is 4.47 Å². The van der Waals surface area contributed by atoms with Gasteiger partial charge in [0.25, 0.3) is 5.56 Å². The normalized spacial score (nSPS) is 11.1. The second kappa shape index (κ2) is 5.85. The summed E-state index contributed by atoms with van der Waals surface area (Å²) in [5, 5.41) is 0.821. The summed E-state index contributed by atoms with van der Waals surface area (Å²) in [6.07, 6.45) is 0. The minimum absolute atomic E-state index is 0.189. The van der Waals surface area contributed by atoms with Crippen molar-refractivity contribution in [3.05, 3.63) is 70.2 Å². The van der Waals surface area contributed by atoms with Gasteiger partial charge in [-0.2, -0.15) is 0 Å². The van der Waals surface area contributed by atoms with E-state index in [1.807, 2.05) is 0 Å². The average Bonchev–Trinajstić information content (AvgIpc) is 2.44. The van der Waals surface area contributed by atoms with Crippen LogP contribution in [0.1, 0.15) is 0 Å². The van der Waals surface area contributed by atoms with Crippen LogP contribution in [0, 0.1) is 0 Å². The first-order valence-electron chi connectivity index (χ1n) is 5.89. The van der Waals surface area contributed by atoms with Gasteiger partial charge >= 0.3 is 5.76 Å². The van der Waals surface area contributed by atoms with Gasteiger partial charge in [0.2, 0.25) is 0 Å². The first-order chi connectivity index (χ1) is 10.4. The summed E-state index contributed by atoms with van der Waals surface area (Å²) in [6.45, 7) is 0. The second-order valence-corrected chi connectivity index (χ2v) is 6.96. The Morgan fingerprint density at radius 2 is 1.73 bits per heavy atom. The van der Waals surface area contributed by atoms with Crippen LogP contribution in [0.3, 0.4) is 0 Å². The molecule has 0 saturated carbocycles. The van der Waals surface area contributed by atoms with Gasteiger partial charge in [-0.3, -0.25) is 4.79 Å². The SMILES string of the molecule is O=c1oc2c(Br)cc(Br)cc2c(=O)n1-c1ccc(Cl)c(Cl)c1.